The molecule has 0 radical (unpaired) electrons. The van der Waals surface area contributed by atoms with Crippen LogP contribution in [0.15, 0.2) is 36.0 Å². The predicted molar refractivity (Wildman–Crippen MR) is 98.0 cm³/mol. The monoisotopic (exact) mass is 382 g/mol. The third-order valence-corrected chi connectivity index (χ3v) is 5.05. The number of carbonyl (C=O) groups excluding carboxylic acids is 1. The number of hydrogen-bond donors (Lipinski definition) is 1. The fraction of sp³-hybridized carbons (Fsp3) is 0.312. The SMILES string of the molecule is C=CCn1c(SCC(=O)Nc2ccc(Cl)cc2Cl)nnc1C1CC1. The number of benzene rings is 1. The van der Waals surface area contributed by atoms with Gasteiger partial charge in [0.15, 0.2) is 5.16 Å². The second-order valence-electron chi connectivity index (χ2n) is 5.48. The Labute approximate surface area is 154 Å². The normalized spacial score (nSPS) is 13.8. The van der Waals surface area contributed by atoms with Crippen LogP contribution in [-0.4, -0.2) is 26.4 Å². The Bertz CT molecular complexity index is 773. The van der Waals surface area contributed by atoms with Gasteiger partial charge in [-0.05, 0) is 31.0 Å². The Morgan fingerprint density at radius 2 is 2.21 bits per heavy atom. The molecular formula is C16H16Cl2N4OS. The first kappa shape index (κ1) is 17.3. The van der Waals surface area contributed by atoms with Gasteiger partial charge in [0.1, 0.15) is 5.82 Å². The fourth-order valence-electron chi connectivity index (χ4n) is 2.26. The molecule has 1 fully saturated rings. The fourth-order valence-corrected chi connectivity index (χ4v) is 3.47. The number of amides is 1. The van der Waals surface area contributed by atoms with E-state index in [1.54, 1.807) is 18.2 Å². The van der Waals surface area contributed by atoms with E-state index in [0.717, 1.165) is 23.8 Å². The van der Waals surface area contributed by atoms with Crippen LogP contribution in [0.2, 0.25) is 10.0 Å². The second-order valence-corrected chi connectivity index (χ2v) is 7.26. The van der Waals surface area contributed by atoms with Crippen molar-refractivity contribution >= 4 is 46.6 Å². The minimum absolute atomic E-state index is 0.162. The lowest BCUT2D eigenvalue weighted by atomic mass is 10.3. The van der Waals surface area contributed by atoms with Crippen molar-refractivity contribution in [1.82, 2.24) is 14.8 Å². The molecule has 0 bridgehead atoms. The Hall–Kier alpha value is -1.50. The molecule has 8 heteroatoms. The zero-order valence-electron chi connectivity index (χ0n) is 12.8. The van der Waals surface area contributed by atoms with Gasteiger partial charge < -0.3 is 9.88 Å². The maximum absolute atomic E-state index is 12.1. The van der Waals surface area contributed by atoms with Crippen molar-refractivity contribution < 1.29 is 4.79 Å². The van der Waals surface area contributed by atoms with E-state index >= 15 is 0 Å². The molecule has 1 aliphatic carbocycles. The number of carbonyl (C=O) groups is 1. The van der Waals surface area contributed by atoms with Gasteiger partial charge in [-0.15, -0.1) is 16.8 Å². The highest BCUT2D eigenvalue weighted by Crippen LogP contribution is 2.40. The summed E-state index contributed by atoms with van der Waals surface area (Å²) in [6.07, 6.45) is 4.11. The Morgan fingerprint density at radius 1 is 1.42 bits per heavy atom. The molecule has 5 nitrogen and oxygen atoms in total. The van der Waals surface area contributed by atoms with E-state index in [1.165, 1.54) is 11.8 Å². The standard InChI is InChI=1S/C16H16Cl2N4OS/c1-2-7-22-15(10-3-4-10)20-21-16(22)24-9-14(23)19-13-6-5-11(17)8-12(13)18/h2,5-6,8,10H,1,3-4,7,9H2,(H,19,23). The van der Waals surface area contributed by atoms with Gasteiger partial charge in [-0.25, -0.2) is 0 Å². The summed E-state index contributed by atoms with van der Waals surface area (Å²) < 4.78 is 2.03. The molecule has 1 N–H and O–H groups in total. The van der Waals surface area contributed by atoms with Crippen molar-refractivity contribution in [3.63, 3.8) is 0 Å². The van der Waals surface area contributed by atoms with Crippen LogP contribution in [0.5, 0.6) is 0 Å². The number of hydrogen-bond acceptors (Lipinski definition) is 4. The molecule has 126 valence electrons. The van der Waals surface area contributed by atoms with Crippen LogP contribution in [0.4, 0.5) is 5.69 Å². The van der Waals surface area contributed by atoms with E-state index in [0.29, 0.717) is 28.2 Å². The molecular weight excluding hydrogens is 367 g/mol. The van der Waals surface area contributed by atoms with Gasteiger partial charge in [0.2, 0.25) is 5.91 Å². The van der Waals surface area contributed by atoms with Gasteiger partial charge in [-0.3, -0.25) is 4.79 Å². The first-order valence-corrected chi connectivity index (χ1v) is 9.24. The van der Waals surface area contributed by atoms with Gasteiger partial charge >= 0.3 is 0 Å². The smallest absolute Gasteiger partial charge is 0.234 e. The predicted octanol–water partition coefficient (Wildman–Crippen LogP) is 4.38. The van der Waals surface area contributed by atoms with Crippen molar-refractivity contribution in [2.24, 2.45) is 0 Å². The quantitative estimate of drug-likeness (QED) is 0.570. The number of rotatable bonds is 7. The summed E-state index contributed by atoms with van der Waals surface area (Å²) in [5.41, 5.74) is 0.540. The summed E-state index contributed by atoms with van der Waals surface area (Å²) in [6.45, 7) is 4.42. The lowest BCUT2D eigenvalue weighted by Gasteiger charge is -2.08. The second kappa shape index (κ2) is 7.59. The topological polar surface area (TPSA) is 59.8 Å². The average molecular weight is 383 g/mol. The zero-order chi connectivity index (χ0) is 17.1. The van der Waals surface area contributed by atoms with Crippen LogP contribution in [-0.2, 0) is 11.3 Å². The van der Waals surface area contributed by atoms with Crippen LogP contribution >= 0.6 is 35.0 Å². The number of nitrogens with zero attached hydrogens (tertiary/aromatic N) is 3. The van der Waals surface area contributed by atoms with E-state index < -0.39 is 0 Å². The van der Waals surface area contributed by atoms with Crippen LogP contribution in [0.25, 0.3) is 0 Å². The van der Waals surface area contributed by atoms with Crippen LogP contribution in [0.3, 0.4) is 0 Å². The molecule has 0 atom stereocenters. The molecule has 0 aliphatic heterocycles. The molecule has 1 aromatic heterocycles. The maximum Gasteiger partial charge on any atom is 0.234 e. The van der Waals surface area contributed by atoms with E-state index in [1.807, 2.05) is 10.6 Å². The van der Waals surface area contributed by atoms with Crippen molar-refractivity contribution in [2.75, 3.05) is 11.1 Å². The Morgan fingerprint density at radius 3 is 2.88 bits per heavy atom. The summed E-state index contributed by atoms with van der Waals surface area (Å²) >= 11 is 13.3. The molecule has 0 saturated heterocycles. The summed E-state index contributed by atoms with van der Waals surface area (Å²) in [4.78, 5) is 12.1. The molecule has 1 heterocycles. The maximum atomic E-state index is 12.1. The van der Waals surface area contributed by atoms with Crippen molar-refractivity contribution in [2.45, 2.75) is 30.5 Å². The summed E-state index contributed by atoms with van der Waals surface area (Å²) in [6, 6.07) is 4.95. The number of halogens is 2. The van der Waals surface area contributed by atoms with Crippen LogP contribution < -0.4 is 5.32 Å². The summed E-state index contributed by atoms with van der Waals surface area (Å²) in [5.74, 6) is 1.54. The van der Waals surface area contributed by atoms with E-state index in [2.05, 4.69) is 22.1 Å². The zero-order valence-corrected chi connectivity index (χ0v) is 15.2. The van der Waals surface area contributed by atoms with E-state index in [9.17, 15) is 4.79 Å². The largest absolute Gasteiger partial charge is 0.324 e. The molecule has 1 aliphatic rings. The lowest BCUT2D eigenvalue weighted by Crippen LogP contribution is -2.15. The first-order chi connectivity index (χ1) is 11.6. The van der Waals surface area contributed by atoms with Crippen LogP contribution in [0, 0.1) is 0 Å². The highest BCUT2D eigenvalue weighted by atomic mass is 35.5. The molecule has 1 aromatic carbocycles. The number of aromatic nitrogens is 3. The summed E-state index contributed by atoms with van der Waals surface area (Å²) in [7, 11) is 0. The highest BCUT2D eigenvalue weighted by Gasteiger charge is 2.30. The van der Waals surface area contributed by atoms with Gasteiger partial charge in [0.05, 0.1) is 16.5 Å². The minimum atomic E-state index is -0.162. The highest BCUT2D eigenvalue weighted by molar-refractivity contribution is 7.99. The Balaban J connectivity index is 1.62. The van der Waals surface area contributed by atoms with Crippen molar-refractivity contribution in [3.8, 4) is 0 Å². The van der Waals surface area contributed by atoms with Crippen molar-refractivity contribution in [3.05, 3.63) is 46.7 Å². The van der Waals surface area contributed by atoms with Gasteiger partial charge in [-0.2, -0.15) is 0 Å². The third kappa shape index (κ3) is 4.12. The molecule has 0 unspecified atom stereocenters. The van der Waals surface area contributed by atoms with Gasteiger partial charge in [0, 0.05) is 17.5 Å². The molecule has 1 amide bonds. The van der Waals surface area contributed by atoms with E-state index in [-0.39, 0.29) is 11.7 Å². The molecule has 24 heavy (non-hydrogen) atoms. The van der Waals surface area contributed by atoms with Crippen LogP contribution in [0.1, 0.15) is 24.6 Å². The average Bonchev–Trinajstić information content (AvgIpc) is 3.31. The van der Waals surface area contributed by atoms with Gasteiger partial charge in [-0.1, -0.05) is 41.0 Å². The summed E-state index contributed by atoms with van der Waals surface area (Å²) in [5, 5.41) is 12.9. The Kier molecular flexibility index (Phi) is 5.48. The number of nitrogens with one attached hydrogen (secondary N) is 1. The van der Waals surface area contributed by atoms with E-state index in [4.69, 9.17) is 23.2 Å². The first-order valence-electron chi connectivity index (χ1n) is 7.50. The van der Waals surface area contributed by atoms with Crippen molar-refractivity contribution in [1.29, 1.82) is 0 Å². The third-order valence-electron chi connectivity index (χ3n) is 3.54. The lowest BCUT2D eigenvalue weighted by molar-refractivity contribution is -0.113. The minimum Gasteiger partial charge on any atom is -0.324 e. The molecule has 3 rings (SSSR count). The molecule has 2 aromatic rings. The molecule has 0 spiro atoms. The number of anilines is 1. The molecule has 1 saturated carbocycles. The van der Waals surface area contributed by atoms with Gasteiger partial charge in [0.25, 0.3) is 0 Å². The number of allylic oxidation sites excluding steroid dienone is 1. The number of thioether (sulfide) groups is 1.